The van der Waals surface area contributed by atoms with Crippen LogP contribution in [0.5, 0.6) is 0 Å². The van der Waals surface area contributed by atoms with Crippen molar-refractivity contribution in [3.05, 3.63) is 34.3 Å². The number of hydrogen-bond acceptors (Lipinski definition) is 3. The van der Waals surface area contributed by atoms with Crippen molar-refractivity contribution in [2.45, 2.75) is 26.8 Å². The average molecular weight is 314 g/mol. The molecular formula is C14H20BrNO2. The van der Waals surface area contributed by atoms with Crippen molar-refractivity contribution in [1.29, 1.82) is 0 Å². The van der Waals surface area contributed by atoms with E-state index in [4.69, 9.17) is 4.74 Å². The molecule has 0 saturated carbocycles. The molecule has 2 atom stereocenters. The number of carbonyl (C=O) groups is 1. The smallest absolute Gasteiger partial charge is 0.309 e. The van der Waals surface area contributed by atoms with E-state index < -0.39 is 0 Å². The number of ether oxygens (including phenoxy) is 1. The second kappa shape index (κ2) is 7.54. The van der Waals surface area contributed by atoms with Gasteiger partial charge < -0.3 is 10.1 Å². The van der Waals surface area contributed by atoms with Gasteiger partial charge in [-0.3, -0.25) is 4.79 Å². The standard InChI is InChI=1S/C14H20BrNO2/c1-4-18-14(17)10(2)9-16-11(3)12-5-7-13(15)8-6-12/h5-8,10-11,16H,4,9H2,1-3H3/t10?,11-/m0/s1. The van der Waals surface area contributed by atoms with Crippen molar-refractivity contribution < 1.29 is 9.53 Å². The molecule has 0 radical (unpaired) electrons. The highest BCUT2D eigenvalue weighted by Crippen LogP contribution is 2.16. The Balaban J connectivity index is 2.43. The summed E-state index contributed by atoms with van der Waals surface area (Å²) in [5.74, 6) is -0.268. The lowest BCUT2D eigenvalue weighted by molar-refractivity contribution is -0.147. The molecule has 100 valence electrons. The van der Waals surface area contributed by atoms with Crippen molar-refractivity contribution in [3.63, 3.8) is 0 Å². The van der Waals surface area contributed by atoms with Crippen LogP contribution in [0.4, 0.5) is 0 Å². The van der Waals surface area contributed by atoms with Gasteiger partial charge in [0, 0.05) is 17.1 Å². The zero-order valence-electron chi connectivity index (χ0n) is 11.1. The number of benzene rings is 1. The van der Waals surface area contributed by atoms with E-state index in [1.165, 1.54) is 5.56 Å². The minimum Gasteiger partial charge on any atom is -0.466 e. The second-order valence-corrected chi connectivity index (χ2v) is 5.25. The molecule has 1 aromatic carbocycles. The maximum absolute atomic E-state index is 11.5. The SMILES string of the molecule is CCOC(=O)C(C)CN[C@@H](C)c1ccc(Br)cc1. The highest BCUT2D eigenvalue weighted by atomic mass is 79.9. The largest absolute Gasteiger partial charge is 0.466 e. The summed E-state index contributed by atoms with van der Waals surface area (Å²) in [4.78, 5) is 11.5. The first-order chi connectivity index (χ1) is 8.54. The van der Waals surface area contributed by atoms with Crippen LogP contribution < -0.4 is 5.32 Å². The Morgan fingerprint density at radius 2 is 1.94 bits per heavy atom. The van der Waals surface area contributed by atoms with Gasteiger partial charge >= 0.3 is 5.97 Å². The van der Waals surface area contributed by atoms with Gasteiger partial charge in [-0.1, -0.05) is 35.0 Å². The maximum Gasteiger partial charge on any atom is 0.309 e. The Hall–Kier alpha value is -0.870. The van der Waals surface area contributed by atoms with Gasteiger partial charge in [0.05, 0.1) is 12.5 Å². The predicted molar refractivity (Wildman–Crippen MR) is 76.4 cm³/mol. The van der Waals surface area contributed by atoms with Gasteiger partial charge in [0.1, 0.15) is 0 Å². The summed E-state index contributed by atoms with van der Waals surface area (Å²) in [5.41, 5.74) is 1.20. The van der Waals surface area contributed by atoms with Gasteiger partial charge in [-0.15, -0.1) is 0 Å². The molecule has 18 heavy (non-hydrogen) atoms. The van der Waals surface area contributed by atoms with Gasteiger partial charge in [0.25, 0.3) is 0 Å². The van der Waals surface area contributed by atoms with Crippen LogP contribution in [0.25, 0.3) is 0 Å². The average Bonchev–Trinajstić information content (AvgIpc) is 2.36. The highest BCUT2D eigenvalue weighted by Gasteiger charge is 2.15. The Morgan fingerprint density at radius 3 is 2.50 bits per heavy atom. The van der Waals surface area contributed by atoms with E-state index in [2.05, 4.69) is 40.3 Å². The molecule has 0 spiro atoms. The molecule has 0 amide bonds. The summed E-state index contributed by atoms with van der Waals surface area (Å²) >= 11 is 3.41. The van der Waals surface area contributed by atoms with E-state index in [0.29, 0.717) is 13.2 Å². The minimum atomic E-state index is -0.145. The van der Waals surface area contributed by atoms with E-state index in [-0.39, 0.29) is 17.9 Å². The predicted octanol–water partition coefficient (Wildman–Crippen LogP) is 3.30. The number of esters is 1. The lowest BCUT2D eigenvalue weighted by Crippen LogP contribution is -2.29. The highest BCUT2D eigenvalue weighted by molar-refractivity contribution is 9.10. The van der Waals surface area contributed by atoms with Crippen molar-refractivity contribution >= 4 is 21.9 Å². The van der Waals surface area contributed by atoms with Crippen molar-refractivity contribution in [1.82, 2.24) is 5.32 Å². The molecule has 0 fully saturated rings. The summed E-state index contributed by atoms with van der Waals surface area (Å²) in [5, 5.41) is 3.34. The number of halogens is 1. The zero-order chi connectivity index (χ0) is 13.5. The quantitative estimate of drug-likeness (QED) is 0.819. The Bertz CT molecular complexity index is 378. The number of rotatable bonds is 6. The van der Waals surface area contributed by atoms with Gasteiger partial charge in [-0.05, 0) is 31.5 Å². The van der Waals surface area contributed by atoms with Crippen LogP contribution in [0.3, 0.4) is 0 Å². The van der Waals surface area contributed by atoms with E-state index >= 15 is 0 Å². The molecule has 0 saturated heterocycles. The van der Waals surface area contributed by atoms with Crippen LogP contribution >= 0.6 is 15.9 Å². The molecule has 1 N–H and O–H groups in total. The lowest BCUT2D eigenvalue weighted by atomic mass is 10.1. The summed E-state index contributed by atoms with van der Waals surface area (Å²) in [6.07, 6.45) is 0. The minimum absolute atomic E-state index is 0.122. The van der Waals surface area contributed by atoms with Crippen LogP contribution in [-0.4, -0.2) is 19.1 Å². The topological polar surface area (TPSA) is 38.3 Å². The molecule has 3 nitrogen and oxygen atoms in total. The summed E-state index contributed by atoms with van der Waals surface area (Å²) < 4.78 is 6.04. The molecular weight excluding hydrogens is 294 g/mol. The van der Waals surface area contributed by atoms with Crippen LogP contribution in [-0.2, 0) is 9.53 Å². The Kier molecular flexibility index (Phi) is 6.36. The van der Waals surface area contributed by atoms with Gasteiger partial charge in [0.15, 0.2) is 0 Å². The van der Waals surface area contributed by atoms with Gasteiger partial charge in [0.2, 0.25) is 0 Å². The monoisotopic (exact) mass is 313 g/mol. The van der Waals surface area contributed by atoms with E-state index in [9.17, 15) is 4.79 Å². The molecule has 0 heterocycles. The lowest BCUT2D eigenvalue weighted by Gasteiger charge is -2.17. The molecule has 1 unspecified atom stereocenters. The zero-order valence-corrected chi connectivity index (χ0v) is 12.7. The first kappa shape index (κ1) is 15.2. The molecule has 0 aliphatic heterocycles. The fraction of sp³-hybridized carbons (Fsp3) is 0.500. The van der Waals surface area contributed by atoms with E-state index in [0.717, 1.165) is 4.47 Å². The van der Waals surface area contributed by atoms with Gasteiger partial charge in [-0.2, -0.15) is 0 Å². The van der Waals surface area contributed by atoms with Crippen molar-refractivity contribution in [2.24, 2.45) is 5.92 Å². The fourth-order valence-electron chi connectivity index (χ4n) is 1.59. The third kappa shape index (κ3) is 4.78. The van der Waals surface area contributed by atoms with Crippen molar-refractivity contribution in [2.75, 3.05) is 13.2 Å². The first-order valence-corrected chi connectivity index (χ1v) is 6.99. The second-order valence-electron chi connectivity index (χ2n) is 4.33. The Labute approximate surface area is 117 Å². The summed E-state index contributed by atoms with van der Waals surface area (Å²) in [7, 11) is 0. The van der Waals surface area contributed by atoms with E-state index in [1.807, 2.05) is 26.0 Å². The van der Waals surface area contributed by atoms with Crippen LogP contribution in [0.15, 0.2) is 28.7 Å². The fourth-order valence-corrected chi connectivity index (χ4v) is 1.86. The number of hydrogen-bond donors (Lipinski definition) is 1. The Morgan fingerprint density at radius 1 is 1.33 bits per heavy atom. The van der Waals surface area contributed by atoms with Crippen LogP contribution in [0.2, 0.25) is 0 Å². The molecule has 0 aromatic heterocycles. The maximum atomic E-state index is 11.5. The summed E-state index contributed by atoms with van der Waals surface area (Å²) in [6, 6.07) is 8.38. The molecule has 0 bridgehead atoms. The van der Waals surface area contributed by atoms with Crippen molar-refractivity contribution in [3.8, 4) is 0 Å². The molecule has 0 aliphatic carbocycles. The molecule has 1 rings (SSSR count). The number of carbonyl (C=O) groups excluding carboxylic acids is 1. The van der Waals surface area contributed by atoms with Gasteiger partial charge in [-0.25, -0.2) is 0 Å². The molecule has 4 heteroatoms. The summed E-state index contributed by atoms with van der Waals surface area (Å²) in [6.45, 7) is 6.84. The first-order valence-electron chi connectivity index (χ1n) is 6.20. The molecule has 0 aliphatic rings. The number of nitrogens with one attached hydrogen (secondary N) is 1. The third-order valence-electron chi connectivity index (χ3n) is 2.79. The molecule has 1 aromatic rings. The normalized spacial score (nSPS) is 14.0. The van der Waals surface area contributed by atoms with Crippen LogP contribution in [0, 0.1) is 5.92 Å². The third-order valence-corrected chi connectivity index (χ3v) is 3.32. The van der Waals surface area contributed by atoms with Crippen LogP contribution in [0.1, 0.15) is 32.4 Å². The van der Waals surface area contributed by atoms with E-state index in [1.54, 1.807) is 0 Å².